The van der Waals surface area contributed by atoms with Crippen LogP contribution in [0.1, 0.15) is 38.4 Å². The number of benzene rings is 2. The first-order chi connectivity index (χ1) is 17.4. The third-order valence-electron chi connectivity index (χ3n) is 6.62. The second kappa shape index (κ2) is 9.65. The predicted octanol–water partition coefficient (Wildman–Crippen LogP) is 2.11. The maximum atomic E-state index is 13.0. The minimum absolute atomic E-state index is 0.0287. The fourth-order valence-electron chi connectivity index (χ4n) is 4.76. The van der Waals surface area contributed by atoms with Crippen LogP contribution in [0.25, 0.3) is 11.3 Å². The minimum Gasteiger partial charge on any atom is -0.465 e. The van der Waals surface area contributed by atoms with E-state index in [1.807, 2.05) is 12.1 Å². The van der Waals surface area contributed by atoms with Crippen LogP contribution >= 0.6 is 0 Å². The summed E-state index contributed by atoms with van der Waals surface area (Å²) >= 11 is 0. The second-order valence-electron chi connectivity index (χ2n) is 9.10. The molecule has 184 valence electrons. The zero-order valence-electron chi connectivity index (χ0n) is 19.5. The van der Waals surface area contributed by atoms with Crippen LogP contribution in [-0.4, -0.2) is 63.1 Å². The Kier molecular flexibility index (Phi) is 6.24. The highest BCUT2D eigenvalue weighted by molar-refractivity contribution is 5.98. The second-order valence-corrected chi connectivity index (χ2v) is 9.10. The Morgan fingerprint density at radius 1 is 0.972 bits per heavy atom. The number of nitrogens with two attached hydrogens (primary N) is 1. The Morgan fingerprint density at radius 3 is 2.39 bits per heavy atom. The van der Waals surface area contributed by atoms with Gasteiger partial charge in [0, 0.05) is 36.3 Å². The van der Waals surface area contributed by atoms with Crippen LogP contribution in [0.2, 0.25) is 0 Å². The monoisotopic (exact) mass is 486 g/mol. The number of nitrogens with one attached hydrogen (secondary N) is 2. The Balaban J connectivity index is 1.28. The summed E-state index contributed by atoms with van der Waals surface area (Å²) < 4.78 is 0. The first-order valence-corrected chi connectivity index (χ1v) is 11.8. The number of rotatable bonds is 5. The lowest BCUT2D eigenvalue weighted by Crippen LogP contribution is -2.38. The van der Waals surface area contributed by atoms with Gasteiger partial charge in [-0.1, -0.05) is 36.4 Å². The lowest BCUT2D eigenvalue weighted by atomic mass is 10.1. The average Bonchev–Trinajstić information content (AvgIpc) is 3.51. The van der Waals surface area contributed by atoms with Gasteiger partial charge in [0.15, 0.2) is 11.5 Å². The van der Waals surface area contributed by atoms with Crippen molar-refractivity contribution in [2.75, 3.05) is 18.8 Å². The zero-order chi connectivity index (χ0) is 25.2. The molecule has 1 fully saturated rings. The molecule has 1 aromatic heterocycles. The molecule has 0 spiro atoms. The number of aromatic nitrogens is 2. The quantitative estimate of drug-likeness (QED) is 0.431. The molecule has 2 heterocycles. The normalized spacial score (nSPS) is 17.0. The van der Waals surface area contributed by atoms with Crippen LogP contribution in [0.4, 0.5) is 10.6 Å². The number of nitrogens with zero attached hydrogens (tertiary/aromatic N) is 3. The molecular formula is C26H26N6O4. The van der Waals surface area contributed by atoms with E-state index in [2.05, 4.69) is 32.7 Å². The van der Waals surface area contributed by atoms with E-state index in [0.29, 0.717) is 29.8 Å². The van der Waals surface area contributed by atoms with Crippen molar-refractivity contribution in [2.24, 2.45) is 0 Å². The Hall–Kier alpha value is -4.47. The van der Waals surface area contributed by atoms with Crippen LogP contribution < -0.4 is 16.4 Å². The smallest absolute Gasteiger partial charge is 0.407 e. The molecule has 0 bridgehead atoms. The van der Waals surface area contributed by atoms with Gasteiger partial charge in [-0.15, -0.1) is 0 Å². The summed E-state index contributed by atoms with van der Waals surface area (Å²) in [5, 5.41) is 15.0. The van der Waals surface area contributed by atoms with Gasteiger partial charge < -0.3 is 26.4 Å². The topological polar surface area (TPSA) is 151 Å². The van der Waals surface area contributed by atoms with E-state index in [9.17, 15) is 14.4 Å². The van der Waals surface area contributed by atoms with Crippen molar-refractivity contribution in [3.63, 3.8) is 0 Å². The molecular weight excluding hydrogens is 460 g/mol. The van der Waals surface area contributed by atoms with Crippen LogP contribution in [0.15, 0.2) is 54.7 Å². The summed E-state index contributed by atoms with van der Waals surface area (Å²) in [6, 6.07) is 14.9. The summed E-state index contributed by atoms with van der Waals surface area (Å²) in [5.74, 6) is -0.729. The van der Waals surface area contributed by atoms with Gasteiger partial charge in [-0.05, 0) is 42.5 Å². The van der Waals surface area contributed by atoms with Crippen molar-refractivity contribution in [2.45, 2.75) is 31.3 Å². The third kappa shape index (κ3) is 4.83. The highest BCUT2D eigenvalue weighted by Crippen LogP contribution is 2.23. The number of nitrogen functional groups attached to an aromatic ring is 1. The Bertz CT molecular complexity index is 1320. The zero-order valence-corrected chi connectivity index (χ0v) is 19.5. The number of anilines is 1. The molecule has 2 aliphatic rings. The first kappa shape index (κ1) is 23.3. The average molecular weight is 487 g/mol. The molecule has 3 amide bonds. The van der Waals surface area contributed by atoms with Gasteiger partial charge in [-0.25, -0.2) is 14.8 Å². The van der Waals surface area contributed by atoms with E-state index in [4.69, 9.17) is 10.8 Å². The molecule has 0 saturated carbocycles. The number of hydrogen-bond donors (Lipinski definition) is 4. The fourth-order valence-corrected chi connectivity index (χ4v) is 4.76. The molecule has 3 aromatic rings. The molecule has 10 nitrogen and oxygen atoms in total. The van der Waals surface area contributed by atoms with E-state index < -0.39 is 12.0 Å². The maximum absolute atomic E-state index is 13.0. The standard InChI is InChI=1S/C26H26N6O4/c27-23-22(25(34)29-19-8-9-32(14-19)26(35)36)31-21(13-28-23)17-6-3-7-18(10-17)24(33)30-20-11-15-4-1-2-5-16(15)12-20/h1-7,10,13,19-20H,8-9,11-12,14H2,(H2,27,28)(H,29,34)(H,30,33)(H,35,36)/t19-/m0/s1. The van der Waals surface area contributed by atoms with Crippen LogP contribution in [0.5, 0.6) is 0 Å². The fraction of sp³-hybridized carbons (Fsp3) is 0.269. The lowest BCUT2D eigenvalue weighted by molar-refractivity contribution is 0.0926. The van der Waals surface area contributed by atoms with Crippen LogP contribution in [-0.2, 0) is 12.8 Å². The van der Waals surface area contributed by atoms with Gasteiger partial charge in [0.2, 0.25) is 0 Å². The molecule has 0 radical (unpaired) electrons. The minimum atomic E-state index is -1.02. The van der Waals surface area contributed by atoms with Gasteiger partial charge in [0.25, 0.3) is 11.8 Å². The molecule has 5 rings (SSSR count). The van der Waals surface area contributed by atoms with E-state index in [1.54, 1.807) is 24.3 Å². The number of hydrogen-bond acceptors (Lipinski definition) is 6. The van der Waals surface area contributed by atoms with E-state index in [0.717, 1.165) is 12.8 Å². The van der Waals surface area contributed by atoms with Gasteiger partial charge >= 0.3 is 6.09 Å². The number of carbonyl (C=O) groups is 3. The highest BCUT2D eigenvalue weighted by atomic mass is 16.4. The molecule has 36 heavy (non-hydrogen) atoms. The molecule has 1 atom stereocenters. The van der Waals surface area contributed by atoms with Crippen molar-refractivity contribution >= 4 is 23.7 Å². The van der Waals surface area contributed by atoms with Crippen LogP contribution in [0, 0.1) is 0 Å². The Labute approximate surface area is 207 Å². The SMILES string of the molecule is Nc1ncc(-c2cccc(C(=O)NC3Cc4ccccc4C3)c2)nc1C(=O)N[C@H]1CCN(C(=O)O)C1. The summed E-state index contributed by atoms with van der Waals surface area (Å²) in [6.45, 7) is 0.556. The third-order valence-corrected chi connectivity index (χ3v) is 6.62. The maximum Gasteiger partial charge on any atom is 0.407 e. The van der Waals surface area contributed by atoms with Crippen LogP contribution in [0.3, 0.4) is 0 Å². The van der Waals surface area contributed by atoms with Crippen molar-refractivity contribution in [3.05, 3.63) is 77.1 Å². The first-order valence-electron chi connectivity index (χ1n) is 11.8. The number of amides is 3. The van der Waals surface area contributed by atoms with Crippen molar-refractivity contribution in [3.8, 4) is 11.3 Å². The highest BCUT2D eigenvalue weighted by Gasteiger charge is 2.28. The number of fused-ring (bicyclic) bond motifs is 1. The van der Waals surface area contributed by atoms with Crippen molar-refractivity contribution < 1.29 is 19.5 Å². The van der Waals surface area contributed by atoms with Gasteiger partial charge in [0.05, 0.1) is 11.9 Å². The molecule has 0 unspecified atom stereocenters. The molecule has 1 aliphatic carbocycles. The molecule has 5 N–H and O–H groups in total. The largest absolute Gasteiger partial charge is 0.465 e. The molecule has 10 heteroatoms. The van der Waals surface area contributed by atoms with Gasteiger partial charge in [-0.3, -0.25) is 9.59 Å². The van der Waals surface area contributed by atoms with Crippen molar-refractivity contribution in [1.82, 2.24) is 25.5 Å². The van der Waals surface area contributed by atoms with E-state index >= 15 is 0 Å². The summed E-state index contributed by atoms with van der Waals surface area (Å²) in [5.41, 5.74) is 9.89. The van der Waals surface area contributed by atoms with E-state index in [1.165, 1.54) is 22.2 Å². The lowest BCUT2D eigenvalue weighted by Gasteiger charge is -2.15. The number of carboxylic acid groups (broad SMARTS) is 1. The Morgan fingerprint density at radius 2 is 1.69 bits per heavy atom. The molecule has 2 aromatic carbocycles. The van der Waals surface area contributed by atoms with Crippen molar-refractivity contribution in [1.29, 1.82) is 0 Å². The number of carbonyl (C=O) groups excluding carboxylic acids is 2. The van der Waals surface area contributed by atoms with Gasteiger partial charge in [-0.2, -0.15) is 0 Å². The summed E-state index contributed by atoms with van der Waals surface area (Å²) in [7, 11) is 0. The summed E-state index contributed by atoms with van der Waals surface area (Å²) in [4.78, 5) is 46.7. The number of likely N-dealkylation sites (tertiary alicyclic amines) is 1. The molecule has 1 saturated heterocycles. The molecule has 1 aliphatic heterocycles. The van der Waals surface area contributed by atoms with Gasteiger partial charge in [0.1, 0.15) is 0 Å². The summed E-state index contributed by atoms with van der Waals surface area (Å²) in [6.07, 6.45) is 2.55. The van der Waals surface area contributed by atoms with E-state index in [-0.39, 0.29) is 36.0 Å². The predicted molar refractivity (Wildman–Crippen MR) is 132 cm³/mol.